The molecule has 1 spiro atoms. The predicted molar refractivity (Wildman–Crippen MR) is 55.3 cm³/mol. The van der Waals surface area contributed by atoms with Crippen LogP contribution in [0.3, 0.4) is 0 Å². The normalized spacial score (nSPS) is 29.6. The quantitative estimate of drug-likeness (QED) is 0.532. The topological polar surface area (TPSA) is 0 Å². The molecule has 0 aromatic heterocycles. The molecule has 0 nitrogen and oxygen atoms in total. The SMILES string of the molecule is C=C1CCC2(CC1)SCCS2. The van der Waals surface area contributed by atoms with Gasteiger partial charge in [-0.2, -0.15) is 0 Å². The van der Waals surface area contributed by atoms with Crippen molar-refractivity contribution < 1.29 is 0 Å². The van der Waals surface area contributed by atoms with Crippen molar-refractivity contribution in [3.05, 3.63) is 12.2 Å². The smallest absolute Gasteiger partial charge is 0.0617 e. The summed E-state index contributed by atoms with van der Waals surface area (Å²) in [5.74, 6) is 2.74. The van der Waals surface area contributed by atoms with Crippen LogP contribution in [0.5, 0.6) is 0 Å². The molecule has 0 radical (unpaired) electrons. The molecule has 0 bridgehead atoms. The Kier molecular flexibility index (Phi) is 2.24. The molecule has 1 aliphatic heterocycles. The maximum atomic E-state index is 4.05. The molecule has 0 unspecified atom stereocenters. The van der Waals surface area contributed by atoms with Crippen molar-refractivity contribution in [1.82, 2.24) is 0 Å². The summed E-state index contributed by atoms with van der Waals surface area (Å²) in [5.41, 5.74) is 1.48. The summed E-state index contributed by atoms with van der Waals surface area (Å²) >= 11 is 4.38. The lowest BCUT2D eigenvalue weighted by atomic mass is 9.95. The van der Waals surface area contributed by atoms with Gasteiger partial charge in [-0.15, -0.1) is 23.5 Å². The van der Waals surface area contributed by atoms with Gasteiger partial charge >= 0.3 is 0 Å². The molecule has 0 atom stereocenters. The Labute approximate surface area is 77.2 Å². The van der Waals surface area contributed by atoms with Crippen LogP contribution in [-0.4, -0.2) is 15.6 Å². The molecule has 2 fully saturated rings. The molecular formula is C9H14S2. The van der Waals surface area contributed by atoms with Gasteiger partial charge in [0.25, 0.3) is 0 Å². The van der Waals surface area contributed by atoms with E-state index in [-0.39, 0.29) is 0 Å². The van der Waals surface area contributed by atoms with Gasteiger partial charge in [-0.3, -0.25) is 0 Å². The van der Waals surface area contributed by atoms with E-state index in [9.17, 15) is 0 Å². The second-order valence-electron chi connectivity index (χ2n) is 3.36. The highest BCUT2D eigenvalue weighted by Gasteiger charge is 2.37. The van der Waals surface area contributed by atoms with Gasteiger partial charge in [0.1, 0.15) is 0 Å². The fraction of sp³-hybridized carbons (Fsp3) is 0.778. The maximum absolute atomic E-state index is 4.05. The lowest BCUT2D eigenvalue weighted by Crippen LogP contribution is -2.21. The summed E-state index contributed by atoms with van der Waals surface area (Å²) in [6.45, 7) is 4.05. The zero-order chi connectivity index (χ0) is 7.73. The third-order valence-corrected chi connectivity index (χ3v) is 6.18. The van der Waals surface area contributed by atoms with E-state index in [1.165, 1.54) is 42.8 Å². The minimum absolute atomic E-state index is 0.626. The van der Waals surface area contributed by atoms with E-state index < -0.39 is 0 Å². The minimum Gasteiger partial charge on any atom is -0.143 e. The molecule has 1 aliphatic carbocycles. The Balaban J connectivity index is 1.99. The van der Waals surface area contributed by atoms with Crippen LogP contribution in [0.1, 0.15) is 25.7 Å². The van der Waals surface area contributed by atoms with Crippen LogP contribution in [0, 0.1) is 0 Å². The molecule has 0 aromatic carbocycles. The van der Waals surface area contributed by atoms with Crippen LogP contribution >= 0.6 is 23.5 Å². The zero-order valence-electron chi connectivity index (χ0n) is 6.77. The van der Waals surface area contributed by atoms with Crippen molar-refractivity contribution in [2.45, 2.75) is 29.8 Å². The largest absolute Gasteiger partial charge is 0.143 e. The van der Waals surface area contributed by atoms with Gasteiger partial charge in [0.15, 0.2) is 0 Å². The number of hydrogen-bond acceptors (Lipinski definition) is 2. The molecule has 2 rings (SSSR count). The lowest BCUT2D eigenvalue weighted by Gasteiger charge is -2.32. The second kappa shape index (κ2) is 3.06. The monoisotopic (exact) mass is 186 g/mol. The van der Waals surface area contributed by atoms with E-state index in [2.05, 4.69) is 30.1 Å². The Morgan fingerprint density at radius 2 is 1.64 bits per heavy atom. The molecule has 1 heterocycles. The third kappa shape index (κ3) is 1.62. The van der Waals surface area contributed by atoms with E-state index in [4.69, 9.17) is 0 Å². The van der Waals surface area contributed by atoms with Crippen LogP contribution < -0.4 is 0 Å². The average Bonchev–Trinajstić information content (AvgIpc) is 2.45. The Morgan fingerprint density at radius 3 is 2.18 bits per heavy atom. The summed E-state index contributed by atoms with van der Waals surface area (Å²) in [7, 11) is 0. The number of hydrogen-bond donors (Lipinski definition) is 0. The second-order valence-corrected chi connectivity index (χ2v) is 6.57. The van der Waals surface area contributed by atoms with Crippen molar-refractivity contribution in [1.29, 1.82) is 0 Å². The van der Waals surface area contributed by atoms with Gasteiger partial charge in [0, 0.05) is 11.5 Å². The predicted octanol–water partition coefficient (Wildman–Crippen LogP) is 3.29. The van der Waals surface area contributed by atoms with E-state index in [0.717, 1.165) is 0 Å². The fourth-order valence-electron chi connectivity index (χ4n) is 1.77. The minimum atomic E-state index is 0.626. The Hall–Kier alpha value is 0.440. The first-order chi connectivity index (χ1) is 5.31. The standard InChI is InChI=1S/C9H14S2/c1-8-2-4-9(5-3-8)10-6-7-11-9/h1-7H2. The Morgan fingerprint density at radius 1 is 1.09 bits per heavy atom. The summed E-state index contributed by atoms with van der Waals surface area (Å²) in [5, 5.41) is 0. The first-order valence-electron chi connectivity index (χ1n) is 4.25. The molecular weight excluding hydrogens is 172 g/mol. The highest BCUT2D eigenvalue weighted by Crippen LogP contribution is 2.53. The van der Waals surface area contributed by atoms with Crippen molar-refractivity contribution in [3.8, 4) is 0 Å². The van der Waals surface area contributed by atoms with Crippen molar-refractivity contribution in [3.63, 3.8) is 0 Å². The van der Waals surface area contributed by atoms with Gasteiger partial charge in [-0.25, -0.2) is 0 Å². The average molecular weight is 186 g/mol. The van der Waals surface area contributed by atoms with Gasteiger partial charge in [0.05, 0.1) is 4.08 Å². The van der Waals surface area contributed by atoms with E-state index >= 15 is 0 Å². The first kappa shape index (κ1) is 8.06. The van der Waals surface area contributed by atoms with E-state index in [1.54, 1.807) is 0 Å². The molecule has 0 N–H and O–H groups in total. The molecule has 0 amide bonds. The number of rotatable bonds is 0. The van der Waals surface area contributed by atoms with Crippen molar-refractivity contribution >= 4 is 23.5 Å². The van der Waals surface area contributed by atoms with Gasteiger partial charge in [0.2, 0.25) is 0 Å². The molecule has 2 heteroatoms. The summed E-state index contributed by atoms with van der Waals surface area (Å²) in [4.78, 5) is 0. The summed E-state index contributed by atoms with van der Waals surface area (Å²) < 4.78 is 0.626. The van der Waals surface area contributed by atoms with E-state index in [1.807, 2.05) is 0 Å². The molecule has 1 saturated heterocycles. The molecule has 62 valence electrons. The van der Waals surface area contributed by atoms with Gasteiger partial charge in [-0.1, -0.05) is 12.2 Å². The first-order valence-corrected chi connectivity index (χ1v) is 6.22. The molecule has 1 saturated carbocycles. The Bertz CT molecular complexity index is 156. The van der Waals surface area contributed by atoms with Gasteiger partial charge < -0.3 is 0 Å². The zero-order valence-corrected chi connectivity index (χ0v) is 8.40. The maximum Gasteiger partial charge on any atom is 0.0617 e. The highest BCUT2D eigenvalue weighted by atomic mass is 32.2. The summed E-state index contributed by atoms with van der Waals surface area (Å²) in [6, 6.07) is 0. The highest BCUT2D eigenvalue weighted by molar-refractivity contribution is 8.21. The van der Waals surface area contributed by atoms with Crippen LogP contribution in [0.25, 0.3) is 0 Å². The van der Waals surface area contributed by atoms with Crippen molar-refractivity contribution in [2.24, 2.45) is 0 Å². The number of allylic oxidation sites excluding steroid dienone is 1. The van der Waals surface area contributed by atoms with Crippen LogP contribution in [0.2, 0.25) is 0 Å². The fourth-order valence-corrected chi connectivity index (χ4v) is 5.00. The summed E-state index contributed by atoms with van der Waals surface area (Å²) in [6.07, 6.45) is 5.31. The molecule has 0 aromatic rings. The third-order valence-electron chi connectivity index (χ3n) is 2.53. The van der Waals surface area contributed by atoms with Crippen molar-refractivity contribution in [2.75, 3.05) is 11.5 Å². The number of thioether (sulfide) groups is 2. The lowest BCUT2D eigenvalue weighted by molar-refractivity contribution is 0.585. The van der Waals surface area contributed by atoms with Crippen LogP contribution in [0.15, 0.2) is 12.2 Å². The van der Waals surface area contributed by atoms with Crippen LogP contribution in [-0.2, 0) is 0 Å². The van der Waals surface area contributed by atoms with Gasteiger partial charge in [-0.05, 0) is 25.7 Å². The molecule has 11 heavy (non-hydrogen) atoms. The molecule has 2 aliphatic rings. The van der Waals surface area contributed by atoms with Crippen LogP contribution in [0.4, 0.5) is 0 Å². The van der Waals surface area contributed by atoms with E-state index in [0.29, 0.717) is 4.08 Å².